The number of nitrogens with zero attached hydrogens (tertiary/aromatic N) is 2. The van der Waals surface area contributed by atoms with Gasteiger partial charge in [0.15, 0.2) is 0 Å². The molecule has 96 valence electrons. The van der Waals surface area contributed by atoms with Crippen molar-refractivity contribution in [2.45, 2.75) is 39.7 Å². The van der Waals surface area contributed by atoms with Crippen molar-refractivity contribution in [2.75, 3.05) is 38.1 Å². The van der Waals surface area contributed by atoms with Crippen molar-refractivity contribution in [1.82, 2.24) is 9.80 Å². The molecule has 0 bridgehead atoms. The molecule has 1 fully saturated rings. The molecule has 0 aromatic rings. The molecule has 0 saturated carbocycles. The molecule has 1 heterocycles. The van der Waals surface area contributed by atoms with Crippen LogP contribution in [0.4, 0.5) is 0 Å². The third-order valence-electron chi connectivity index (χ3n) is 3.68. The second kappa shape index (κ2) is 7.67. The maximum atomic E-state index is 3.52. The fourth-order valence-electron chi connectivity index (χ4n) is 2.24. The zero-order valence-corrected chi connectivity index (χ0v) is 12.7. The Bertz CT molecular complexity index is 177. The number of hydrogen-bond acceptors (Lipinski definition) is 2. The van der Waals surface area contributed by atoms with Gasteiger partial charge in [-0.2, -0.15) is 0 Å². The second-order valence-electron chi connectivity index (χ2n) is 5.34. The van der Waals surface area contributed by atoms with Gasteiger partial charge in [-0.15, -0.1) is 0 Å². The van der Waals surface area contributed by atoms with Gasteiger partial charge in [-0.1, -0.05) is 22.9 Å². The van der Waals surface area contributed by atoms with Crippen molar-refractivity contribution in [1.29, 1.82) is 0 Å². The summed E-state index contributed by atoms with van der Waals surface area (Å²) in [7, 11) is 0. The molecular formula is C13H27BrN2. The minimum atomic E-state index is 0.717. The van der Waals surface area contributed by atoms with Crippen molar-refractivity contribution >= 4 is 15.9 Å². The summed E-state index contributed by atoms with van der Waals surface area (Å²) >= 11 is 3.52. The Balaban J connectivity index is 2.12. The topological polar surface area (TPSA) is 6.48 Å². The average Bonchev–Trinajstić information content (AvgIpc) is 2.27. The number of halogens is 1. The first-order chi connectivity index (χ1) is 7.63. The average molecular weight is 291 g/mol. The maximum Gasteiger partial charge on any atom is 0.0113 e. The lowest BCUT2D eigenvalue weighted by Crippen LogP contribution is -2.49. The highest BCUT2D eigenvalue weighted by molar-refractivity contribution is 9.09. The lowest BCUT2D eigenvalue weighted by Gasteiger charge is -2.37. The SMILES string of the molecule is CC(CCBr)CCN1CCN(C(C)C)CC1. The summed E-state index contributed by atoms with van der Waals surface area (Å²) in [5.41, 5.74) is 0. The van der Waals surface area contributed by atoms with Gasteiger partial charge in [0.25, 0.3) is 0 Å². The number of alkyl halides is 1. The largest absolute Gasteiger partial charge is 0.301 e. The summed E-state index contributed by atoms with van der Waals surface area (Å²) < 4.78 is 0. The van der Waals surface area contributed by atoms with Crippen molar-refractivity contribution in [2.24, 2.45) is 5.92 Å². The van der Waals surface area contributed by atoms with Crippen molar-refractivity contribution < 1.29 is 0 Å². The van der Waals surface area contributed by atoms with Crippen molar-refractivity contribution in [3.63, 3.8) is 0 Å². The van der Waals surface area contributed by atoms with Gasteiger partial charge < -0.3 is 4.90 Å². The van der Waals surface area contributed by atoms with E-state index >= 15 is 0 Å². The minimum absolute atomic E-state index is 0.717. The van der Waals surface area contributed by atoms with E-state index < -0.39 is 0 Å². The van der Waals surface area contributed by atoms with E-state index in [9.17, 15) is 0 Å². The lowest BCUT2D eigenvalue weighted by atomic mass is 10.0. The molecule has 16 heavy (non-hydrogen) atoms. The monoisotopic (exact) mass is 290 g/mol. The predicted octanol–water partition coefficient (Wildman–Crippen LogP) is 2.82. The molecule has 0 aromatic carbocycles. The van der Waals surface area contributed by atoms with E-state index in [1.165, 1.54) is 45.6 Å². The quantitative estimate of drug-likeness (QED) is 0.694. The molecule has 0 N–H and O–H groups in total. The zero-order valence-electron chi connectivity index (χ0n) is 11.1. The molecule has 2 nitrogen and oxygen atoms in total. The molecule has 1 aliphatic rings. The lowest BCUT2D eigenvalue weighted by molar-refractivity contribution is 0.104. The van der Waals surface area contributed by atoms with E-state index in [1.54, 1.807) is 0 Å². The Labute approximate surface area is 109 Å². The number of piperazine rings is 1. The van der Waals surface area contributed by atoms with Crippen LogP contribution < -0.4 is 0 Å². The van der Waals surface area contributed by atoms with Gasteiger partial charge in [-0.05, 0) is 39.2 Å². The molecule has 3 heteroatoms. The summed E-state index contributed by atoms with van der Waals surface area (Å²) in [6.07, 6.45) is 2.67. The van der Waals surface area contributed by atoms with Gasteiger partial charge in [0, 0.05) is 37.6 Å². The first-order valence-electron chi connectivity index (χ1n) is 6.66. The predicted molar refractivity (Wildman–Crippen MR) is 75.3 cm³/mol. The molecule has 0 amide bonds. The Kier molecular flexibility index (Phi) is 6.94. The normalized spacial score (nSPS) is 21.6. The second-order valence-corrected chi connectivity index (χ2v) is 6.14. The molecule has 1 unspecified atom stereocenters. The van der Waals surface area contributed by atoms with E-state index in [0.717, 1.165) is 17.3 Å². The Morgan fingerprint density at radius 2 is 1.62 bits per heavy atom. The van der Waals surface area contributed by atoms with Crippen LogP contribution in [0.2, 0.25) is 0 Å². The Morgan fingerprint density at radius 3 is 2.12 bits per heavy atom. The van der Waals surface area contributed by atoms with Gasteiger partial charge >= 0.3 is 0 Å². The van der Waals surface area contributed by atoms with Gasteiger partial charge in [-0.3, -0.25) is 4.90 Å². The van der Waals surface area contributed by atoms with Crippen LogP contribution in [0.1, 0.15) is 33.6 Å². The Hall–Kier alpha value is 0.400. The van der Waals surface area contributed by atoms with Crippen LogP contribution in [-0.4, -0.2) is 53.9 Å². The van der Waals surface area contributed by atoms with Crippen LogP contribution in [-0.2, 0) is 0 Å². The van der Waals surface area contributed by atoms with E-state index in [0.29, 0.717) is 0 Å². The van der Waals surface area contributed by atoms with Crippen molar-refractivity contribution in [3.8, 4) is 0 Å². The molecule has 0 spiro atoms. The highest BCUT2D eigenvalue weighted by Crippen LogP contribution is 2.12. The summed E-state index contributed by atoms with van der Waals surface area (Å²) in [4.78, 5) is 5.21. The van der Waals surface area contributed by atoms with E-state index in [-0.39, 0.29) is 0 Å². The van der Waals surface area contributed by atoms with Crippen molar-refractivity contribution in [3.05, 3.63) is 0 Å². The fraction of sp³-hybridized carbons (Fsp3) is 1.00. The van der Waals surface area contributed by atoms with E-state index in [2.05, 4.69) is 46.5 Å². The van der Waals surface area contributed by atoms with Crippen LogP contribution in [0.15, 0.2) is 0 Å². The fourth-order valence-corrected chi connectivity index (χ4v) is 3.02. The van der Waals surface area contributed by atoms with Crippen LogP contribution in [0, 0.1) is 5.92 Å². The van der Waals surface area contributed by atoms with Gasteiger partial charge in [-0.25, -0.2) is 0 Å². The molecule has 1 atom stereocenters. The molecular weight excluding hydrogens is 264 g/mol. The summed E-state index contributed by atoms with van der Waals surface area (Å²) in [5.74, 6) is 0.863. The first kappa shape index (κ1) is 14.5. The number of rotatable bonds is 6. The summed E-state index contributed by atoms with van der Waals surface area (Å²) in [6, 6.07) is 0.717. The van der Waals surface area contributed by atoms with Crippen LogP contribution in [0.3, 0.4) is 0 Å². The zero-order chi connectivity index (χ0) is 12.0. The first-order valence-corrected chi connectivity index (χ1v) is 7.78. The highest BCUT2D eigenvalue weighted by atomic mass is 79.9. The highest BCUT2D eigenvalue weighted by Gasteiger charge is 2.18. The molecule has 1 saturated heterocycles. The summed E-state index contributed by atoms with van der Waals surface area (Å²) in [5, 5.41) is 1.15. The minimum Gasteiger partial charge on any atom is -0.301 e. The van der Waals surface area contributed by atoms with Gasteiger partial charge in [0.1, 0.15) is 0 Å². The summed E-state index contributed by atoms with van der Waals surface area (Å²) in [6.45, 7) is 13.3. The maximum absolute atomic E-state index is 3.52. The third-order valence-corrected chi connectivity index (χ3v) is 4.14. The molecule has 1 rings (SSSR count). The van der Waals surface area contributed by atoms with Crippen LogP contribution in [0.25, 0.3) is 0 Å². The third kappa shape index (κ3) is 5.15. The molecule has 1 aliphatic heterocycles. The molecule has 0 aromatic heterocycles. The van der Waals surface area contributed by atoms with E-state index in [1.807, 2.05) is 0 Å². The van der Waals surface area contributed by atoms with Gasteiger partial charge in [0.05, 0.1) is 0 Å². The van der Waals surface area contributed by atoms with Crippen LogP contribution >= 0.6 is 15.9 Å². The molecule has 0 radical (unpaired) electrons. The smallest absolute Gasteiger partial charge is 0.0113 e. The van der Waals surface area contributed by atoms with Crippen LogP contribution in [0.5, 0.6) is 0 Å². The Morgan fingerprint density at radius 1 is 1.00 bits per heavy atom. The standard InChI is InChI=1S/C13H27BrN2/c1-12(2)16-10-8-15(9-11-16)7-5-13(3)4-6-14/h12-13H,4-11H2,1-3H3. The molecule has 0 aliphatic carbocycles. The number of hydrogen-bond donors (Lipinski definition) is 0. The van der Waals surface area contributed by atoms with Gasteiger partial charge in [0.2, 0.25) is 0 Å². The van der Waals surface area contributed by atoms with E-state index in [4.69, 9.17) is 0 Å².